The van der Waals surface area contributed by atoms with Gasteiger partial charge >= 0.3 is 0 Å². The lowest BCUT2D eigenvalue weighted by atomic mass is 9.94. The number of benzene rings is 2. The maximum absolute atomic E-state index is 13.2. The predicted molar refractivity (Wildman–Crippen MR) is 124 cm³/mol. The number of hydrogen-bond acceptors (Lipinski definition) is 4. The Balaban J connectivity index is 1.76. The predicted octanol–water partition coefficient (Wildman–Crippen LogP) is 5.39. The molecule has 1 amide bonds. The zero-order valence-electron chi connectivity index (χ0n) is 19.0. The smallest absolute Gasteiger partial charge is 0.295 e. The molecule has 4 rings (SSSR count). The second-order valence-corrected chi connectivity index (χ2v) is 9.29. The SMILES string of the molecule is Cc1cccc(C2/C(=C(/O)c3ccc(OCC(C)C)cc3)C(=O)C(=O)N2C2CCCC2)c1. The molecule has 0 radical (unpaired) electrons. The molecule has 1 aliphatic heterocycles. The minimum absolute atomic E-state index is 0.0223. The van der Waals surface area contributed by atoms with Crippen LogP contribution in [0.4, 0.5) is 0 Å². The van der Waals surface area contributed by atoms with Crippen LogP contribution in [0.1, 0.15) is 62.3 Å². The van der Waals surface area contributed by atoms with Crippen molar-refractivity contribution >= 4 is 17.4 Å². The molecule has 0 spiro atoms. The third-order valence-corrected chi connectivity index (χ3v) is 6.27. The Bertz CT molecular complexity index is 1030. The number of rotatable bonds is 6. The number of carbonyl (C=O) groups excluding carboxylic acids is 2. The zero-order chi connectivity index (χ0) is 22.8. The van der Waals surface area contributed by atoms with Gasteiger partial charge in [-0.3, -0.25) is 9.59 Å². The minimum atomic E-state index is -0.610. The molecule has 1 atom stereocenters. The fourth-order valence-electron chi connectivity index (χ4n) is 4.70. The van der Waals surface area contributed by atoms with E-state index in [1.165, 1.54) is 0 Å². The van der Waals surface area contributed by atoms with Crippen molar-refractivity contribution in [2.75, 3.05) is 6.61 Å². The van der Waals surface area contributed by atoms with Crippen LogP contribution in [0, 0.1) is 12.8 Å². The van der Waals surface area contributed by atoms with E-state index in [9.17, 15) is 14.7 Å². The molecule has 1 unspecified atom stereocenters. The summed E-state index contributed by atoms with van der Waals surface area (Å²) in [5.41, 5.74) is 2.58. The summed E-state index contributed by atoms with van der Waals surface area (Å²) in [4.78, 5) is 28.0. The fourth-order valence-corrected chi connectivity index (χ4v) is 4.70. The molecule has 5 nitrogen and oxygen atoms in total. The van der Waals surface area contributed by atoms with Crippen LogP contribution >= 0.6 is 0 Å². The number of aliphatic hydroxyl groups is 1. The third kappa shape index (κ3) is 4.29. The van der Waals surface area contributed by atoms with Crippen molar-refractivity contribution in [3.63, 3.8) is 0 Å². The summed E-state index contributed by atoms with van der Waals surface area (Å²) >= 11 is 0. The molecule has 0 bridgehead atoms. The second kappa shape index (κ2) is 9.19. The van der Waals surface area contributed by atoms with E-state index in [0.29, 0.717) is 23.8 Å². The summed E-state index contributed by atoms with van der Waals surface area (Å²) in [5.74, 6) is -0.144. The summed E-state index contributed by atoms with van der Waals surface area (Å²) in [6.07, 6.45) is 3.87. The first-order valence-corrected chi connectivity index (χ1v) is 11.5. The van der Waals surface area contributed by atoms with Crippen molar-refractivity contribution < 1.29 is 19.4 Å². The van der Waals surface area contributed by atoms with Gasteiger partial charge in [0.2, 0.25) is 0 Å². The molecular formula is C27H31NO4. The molecule has 0 aromatic heterocycles. The van der Waals surface area contributed by atoms with E-state index in [1.54, 1.807) is 29.2 Å². The van der Waals surface area contributed by atoms with Crippen molar-refractivity contribution in [2.45, 2.75) is 58.5 Å². The standard InChI is InChI=1S/C27H31NO4/c1-17(2)16-32-22-13-11-19(12-14-22)25(29)23-24(20-8-6-7-18(3)15-20)28(27(31)26(23)30)21-9-4-5-10-21/h6-8,11-15,17,21,24,29H,4-5,9-10,16H2,1-3H3/b25-23-. The van der Waals surface area contributed by atoms with Crippen molar-refractivity contribution in [1.82, 2.24) is 4.90 Å². The molecule has 2 aliphatic rings. The number of amides is 1. The lowest BCUT2D eigenvalue weighted by molar-refractivity contribution is -0.141. The molecular weight excluding hydrogens is 402 g/mol. The van der Waals surface area contributed by atoms with Gasteiger partial charge in [0.15, 0.2) is 0 Å². The van der Waals surface area contributed by atoms with Crippen LogP contribution in [0.5, 0.6) is 5.75 Å². The van der Waals surface area contributed by atoms with Crippen LogP contribution in [0.2, 0.25) is 0 Å². The molecule has 5 heteroatoms. The van der Waals surface area contributed by atoms with Crippen molar-refractivity contribution in [1.29, 1.82) is 0 Å². The van der Waals surface area contributed by atoms with Gasteiger partial charge in [0.1, 0.15) is 11.5 Å². The fraction of sp³-hybridized carbons (Fsp3) is 0.407. The Morgan fingerprint density at radius 3 is 2.41 bits per heavy atom. The summed E-state index contributed by atoms with van der Waals surface area (Å²) in [5, 5.41) is 11.2. The molecule has 2 aromatic carbocycles. The van der Waals surface area contributed by atoms with Crippen LogP contribution in [-0.2, 0) is 9.59 Å². The Labute approximate surface area is 189 Å². The van der Waals surface area contributed by atoms with Crippen molar-refractivity contribution in [2.24, 2.45) is 5.92 Å². The van der Waals surface area contributed by atoms with Crippen LogP contribution in [0.15, 0.2) is 54.1 Å². The number of ether oxygens (including phenoxy) is 1. The number of carbonyl (C=O) groups is 2. The molecule has 1 saturated heterocycles. The highest BCUT2D eigenvalue weighted by Crippen LogP contribution is 2.43. The first-order valence-electron chi connectivity index (χ1n) is 11.5. The van der Waals surface area contributed by atoms with Gasteiger partial charge in [-0.1, -0.05) is 56.5 Å². The van der Waals surface area contributed by atoms with E-state index in [-0.39, 0.29) is 17.4 Å². The van der Waals surface area contributed by atoms with E-state index >= 15 is 0 Å². The molecule has 168 valence electrons. The van der Waals surface area contributed by atoms with Gasteiger partial charge in [-0.25, -0.2) is 0 Å². The summed E-state index contributed by atoms with van der Waals surface area (Å²) < 4.78 is 5.73. The number of nitrogens with zero attached hydrogens (tertiary/aromatic N) is 1. The first-order chi connectivity index (χ1) is 15.4. The Kier molecular flexibility index (Phi) is 6.35. The van der Waals surface area contributed by atoms with Gasteiger partial charge in [0.05, 0.1) is 18.2 Å². The molecule has 2 aromatic rings. The van der Waals surface area contributed by atoms with E-state index in [0.717, 1.165) is 36.8 Å². The average molecular weight is 434 g/mol. The number of ketones is 1. The van der Waals surface area contributed by atoms with Gasteiger partial charge in [-0.2, -0.15) is 0 Å². The van der Waals surface area contributed by atoms with Gasteiger partial charge in [0.25, 0.3) is 11.7 Å². The normalized spacial score (nSPS) is 21.0. The van der Waals surface area contributed by atoms with Crippen molar-refractivity contribution in [3.05, 3.63) is 70.8 Å². The molecule has 1 heterocycles. The largest absolute Gasteiger partial charge is 0.507 e. The van der Waals surface area contributed by atoms with E-state index in [4.69, 9.17) is 4.74 Å². The molecule has 1 aliphatic carbocycles. The number of Topliss-reactive ketones (excluding diaryl/α,β-unsaturated/α-hetero) is 1. The van der Waals surface area contributed by atoms with Crippen LogP contribution in [0.25, 0.3) is 5.76 Å². The topological polar surface area (TPSA) is 66.8 Å². The average Bonchev–Trinajstić information content (AvgIpc) is 3.39. The highest BCUT2D eigenvalue weighted by Gasteiger charge is 2.49. The Morgan fingerprint density at radius 1 is 1.09 bits per heavy atom. The summed E-state index contributed by atoms with van der Waals surface area (Å²) in [6, 6.07) is 14.3. The van der Waals surface area contributed by atoms with Crippen LogP contribution in [-0.4, -0.2) is 34.3 Å². The molecule has 1 N–H and O–H groups in total. The maximum Gasteiger partial charge on any atom is 0.295 e. The lowest BCUT2D eigenvalue weighted by Crippen LogP contribution is -2.37. The first kappa shape index (κ1) is 22.1. The van der Waals surface area contributed by atoms with Gasteiger partial charge in [0, 0.05) is 11.6 Å². The summed E-state index contributed by atoms with van der Waals surface area (Å²) in [6.45, 7) is 6.75. The number of hydrogen-bond donors (Lipinski definition) is 1. The molecule has 32 heavy (non-hydrogen) atoms. The number of aryl methyl sites for hydroxylation is 1. The maximum atomic E-state index is 13.2. The highest BCUT2D eigenvalue weighted by molar-refractivity contribution is 6.46. The second-order valence-electron chi connectivity index (χ2n) is 9.29. The number of aliphatic hydroxyl groups excluding tert-OH is 1. The van der Waals surface area contributed by atoms with E-state index in [2.05, 4.69) is 13.8 Å². The molecule has 2 fully saturated rings. The van der Waals surface area contributed by atoms with E-state index in [1.807, 2.05) is 31.2 Å². The minimum Gasteiger partial charge on any atom is -0.507 e. The zero-order valence-corrected chi connectivity index (χ0v) is 19.0. The number of likely N-dealkylation sites (tertiary alicyclic amines) is 1. The Hall–Kier alpha value is -3.08. The van der Waals surface area contributed by atoms with Crippen LogP contribution in [0.3, 0.4) is 0 Å². The highest BCUT2D eigenvalue weighted by atomic mass is 16.5. The van der Waals surface area contributed by atoms with Gasteiger partial charge < -0.3 is 14.7 Å². The monoisotopic (exact) mass is 433 g/mol. The Morgan fingerprint density at radius 2 is 1.78 bits per heavy atom. The summed E-state index contributed by atoms with van der Waals surface area (Å²) in [7, 11) is 0. The van der Waals surface area contributed by atoms with Gasteiger partial charge in [-0.15, -0.1) is 0 Å². The van der Waals surface area contributed by atoms with Crippen LogP contribution < -0.4 is 4.74 Å². The van der Waals surface area contributed by atoms with Crippen molar-refractivity contribution in [3.8, 4) is 5.75 Å². The third-order valence-electron chi connectivity index (χ3n) is 6.27. The lowest BCUT2D eigenvalue weighted by Gasteiger charge is -2.31. The van der Waals surface area contributed by atoms with Gasteiger partial charge in [-0.05, 0) is 55.5 Å². The van der Waals surface area contributed by atoms with E-state index < -0.39 is 17.7 Å². The molecule has 1 saturated carbocycles. The quantitative estimate of drug-likeness (QED) is 0.377.